The number of aliphatic hydroxyl groups is 2. The van der Waals surface area contributed by atoms with Crippen LogP contribution in [0.3, 0.4) is 0 Å². The Morgan fingerprint density at radius 1 is 1.22 bits per heavy atom. The van der Waals surface area contributed by atoms with Gasteiger partial charge in [0.15, 0.2) is 6.10 Å². The van der Waals surface area contributed by atoms with Gasteiger partial charge >= 0.3 is 17.7 Å². The molecular formula is C31H33N3O12. The molecule has 0 saturated carbocycles. The first-order chi connectivity index (χ1) is 21.7. The Hall–Kier alpha value is -4.73. The molecule has 3 N–H and O–H groups in total. The molecule has 5 rings (SSSR count). The van der Waals surface area contributed by atoms with Gasteiger partial charge in [0, 0.05) is 20.0 Å². The van der Waals surface area contributed by atoms with Crippen LogP contribution >= 0.6 is 0 Å². The molecule has 1 spiro atoms. The number of hydrogen-bond donors (Lipinski definition) is 3. The summed E-state index contributed by atoms with van der Waals surface area (Å²) in [5.41, 5.74) is -0.978. The second-order valence-corrected chi connectivity index (χ2v) is 11.7. The summed E-state index contributed by atoms with van der Waals surface area (Å²) < 4.78 is 22.4. The van der Waals surface area contributed by atoms with E-state index in [4.69, 9.17) is 18.9 Å². The smallest absolute Gasteiger partial charge is 0.341 e. The van der Waals surface area contributed by atoms with Crippen LogP contribution in [0.15, 0.2) is 35.3 Å². The molecule has 3 amide bonds. The maximum absolute atomic E-state index is 13.7. The fourth-order valence-electron chi connectivity index (χ4n) is 5.69. The summed E-state index contributed by atoms with van der Waals surface area (Å²) in [6.45, 7) is 4.90. The average molecular weight is 640 g/mol. The van der Waals surface area contributed by atoms with Crippen molar-refractivity contribution in [3.05, 3.63) is 41.5 Å². The first kappa shape index (κ1) is 32.7. The second kappa shape index (κ2) is 11.9. The van der Waals surface area contributed by atoms with Gasteiger partial charge in [-0.3, -0.25) is 19.2 Å². The van der Waals surface area contributed by atoms with Gasteiger partial charge in [-0.05, 0) is 49.2 Å². The van der Waals surface area contributed by atoms with Gasteiger partial charge in [0.1, 0.15) is 35.4 Å². The molecule has 3 aliphatic heterocycles. The Labute approximate surface area is 262 Å². The quantitative estimate of drug-likeness (QED) is 0.139. The number of fused-ring (bicyclic) bond motifs is 1. The number of esters is 1. The third-order valence-electron chi connectivity index (χ3n) is 8.44. The molecule has 7 unspecified atom stereocenters. The minimum absolute atomic E-state index is 0.0504. The van der Waals surface area contributed by atoms with Crippen molar-refractivity contribution >= 4 is 52.4 Å². The summed E-state index contributed by atoms with van der Waals surface area (Å²) in [5.74, 6) is -9.22. The van der Waals surface area contributed by atoms with Crippen LogP contribution in [0.4, 0.5) is 0 Å². The van der Waals surface area contributed by atoms with Crippen molar-refractivity contribution in [3.63, 3.8) is 0 Å². The Bertz CT molecular complexity index is 1690. The van der Waals surface area contributed by atoms with Gasteiger partial charge < -0.3 is 44.2 Å². The highest BCUT2D eigenvalue weighted by atomic mass is 16.8. The number of carbonyl (C=O) groups excluding carboxylic acids is 6. The third kappa shape index (κ3) is 5.50. The molecule has 15 nitrogen and oxygen atoms in total. The number of benzene rings is 2. The molecule has 3 aliphatic rings. The highest BCUT2D eigenvalue weighted by Gasteiger charge is 2.68. The van der Waals surface area contributed by atoms with Gasteiger partial charge in [0.05, 0.1) is 18.7 Å². The summed E-state index contributed by atoms with van der Waals surface area (Å²) in [5, 5.41) is 26.2. The lowest BCUT2D eigenvalue weighted by Gasteiger charge is -2.50. The summed E-state index contributed by atoms with van der Waals surface area (Å²) >= 11 is 0. The second-order valence-electron chi connectivity index (χ2n) is 11.7. The molecule has 46 heavy (non-hydrogen) atoms. The van der Waals surface area contributed by atoms with E-state index in [-0.39, 0.29) is 18.4 Å². The number of nitrogens with one attached hydrogen (secondary N) is 1. The Balaban J connectivity index is 1.50. The van der Waals surface area contributed by atoms with Gasteiger partial charge in [-0.15, -0.1) is 0 Å². The van der Waals surface area contributed by atoms with Crippen LogP contribution < -0.4 is 10.1 Å². The van der Waals surface area contributed by atoms with Crippen molar-refractivity contribution in [2.24, 2.45) is 10.9 Å². The van der Waals surface area contributed by atoms with E-state index >= 15 is 0 Å². The number of hydrogen-bond acceptors (Lipinski definition) is 12. The number of ether oxygens (including phenoxy) is 4. The van der Waals surface area contributed by atoms with Crippen LogP contribution in [0.25, 0.3) is 10.8 Å². The van der Waals surface area contributed by atoms with E-state index in [2.05, 4.69) is 10.3 Å². The molecule has 0 aromatic heterocycles. The van der Waals surface area contributed by atoms with Gasteiger partial charge in [0.25, 0.3) is 5.91 Å². The number of aliphatic hydroxyl groups excluding tert-OH is 2. The monoisotopic (exact) mass is 639 g/mol. The molecule has 2 aromatic carbocycles. The third-order valence-corrected chi connectivity index (χ3v) is 8.44. The maximum Gasteiger partial charge on any atom is 0.341 e. The van der Waals surface area contributed by atoms with E-state index in [0.717, 1.165) is 17.9 Å². The minimum Gasteiger partial charge on any atom is -0.497 e. The zero-order valence-corrected chi connectivity index (χ0v) is 25.6. The van der Waals surface area contributed by atoms with Crippen LogP contribution in [0.5, 0.6) is 5.75 Å². The molecule has 0 aliphatic carbocycles. The number of amides is 3. The average Bonchev–Trinajstić information content (AvgIpc) is 3.82. The first-order valence-corrected chi connectivity index (χ1v) is 14.3. The topological polar surface area (TPSA) is 207 Å². The van der Waals surface area contributed by atoms with E-state index in [0.29, 0.717) is 11.1 Å². The van der Waals surface area contributed by atoms with E-state index in [1.807, 2.05) is 13.0 Å². The van der Waals surface area contributed by atoms with E-state index < -0.39 is 83.6 Å². The SMILES string of the molecule is COc1cc(C(=O)NCC2(C)OC3(OC(=O)C2O)C(=O)N=C(C(C=O)C(C)=O)OC3C(O)C2CN2C(C)=O)c2cccc(C)c2c1. The summed E-state index contributed by atoms with van der Waals surface area (Å²) in [6, 6.07) is 7.77. The zero-order valence-electron chi connectivity index (χ0n) is 25.6. The number of aryl methyl sites for hydroxylation is 1. The highest BCUT2D eigenvalue weighted by Crippen LogP contribution is 2.42. The van der Waals surface area contributed by atoms with Crippen molar-refractivity contribution < 1.29 is 57.9 Å². The Morgan fingerprint density at radius 2 is 1.93 bits per heavy atom. The molecule has 2 aromatic rings. The molecular weight excluding hydrogens is 606 g/mol. The normalized spacial score (nSPS) is 28.5. The number of ketones is 1. The zero-order chi connectivity index (χ0) is 33.7. The number of rotatable bonds is 9. The van der Waals surface area contributed by atoms with Crippen LogP contribution in [0.1, 0.15) is 36.7 Å². The molecule has 7 atom stereocenters. The summed E-state index contributed by atoms with van der Waals surface area (Å²) in [4.78, 5) is 81.0. The number of nitrogens with zero attached hydrogens (tertiary/aromatic N) is 2. The molecule has 2 fully saturated rings. The van der Waals surface area contributed by atoms with Crippen LogP contribution in [0.2, 0.25) is 0 Å². The van der Waals surface area contributed by atoms with Crippen molar-refractivity contribution in [3.8, 4) is 5.75 Å². The predicted octanol–water partition coefficient (Wildman–Crippen LogP) is -0.404. The Kier molecular flexibility index (Phi) is 8.44. The largest absolute Gasteiger partial charge is 0.497 e. The van der Waals surface area contributed by atoms with E-state index in [1.54, 1.807) is 18.2 Å². The number of Topliss-reactive ketones (excluding diaryl/α,β-unsaturated/α-hetero) is 1. The fourth-order valence-corrected chi connectivity index (χ4v) is 5.69. The van der Waals surface area contributed by atoms with E-state index in [9.17, 15) is 39.0 Å². The molecule has 0 radical (unpaired) electrons. The fraction of sp³-hybridized carbons (Fsp3) is 0.452. The van der Waals surface area contributed by atoms with Crippen molar-refractivity contribution in [1.29, 1.82) is 0 Å². The maximum atomic E-state index is 13.7. The molecule has 15 heteroatoms. The first-order valence-electron chi connectivity index (χ1n) is 14.3. The predicted molar refractivity (Wildman–Crippen MR) is 157 cm³/mol. The van der Waals surface area contributed by atoms with Crippen molar-refractivity contribution in [2.45, 2.75) is 63.4 Å². The van der Waals surface area contributed by atoms with Gasteiger partial charge in [-0.25, -0.2) is 4.79 Å². The highest BCUT2D eigenvalue weighted by molar-refractivity contribution is 6.15. The van der Waals surface area contributed by atoms with Gasteiger partial charge in [0.2, 0.25) is 17.9 Å². The molecule has 244 valence electrons. The summed E-state index contributed by atoms with van der Waals surface area (Å²) in [7, 11) is 1.45. The van der Waals surface area contributed by atoms with Crippen molar-refractivity contribution in [2.75, 3.05) is 20.2 Å². The number of carbonyl (C=O) groups is 6. The van der Waals surface area contributed by atoms with Crippen LogP contribution in [-0.4, -0.2) is 113 Å². The van der Waals surface area contributed by atoms with Gasteiger partial charge in [-0.1, -0.05) is 18.2 Å². The minimum atomic E-state index is -2.84. The Morgan fingerprint density at radius 3 is 2.54 bits per heavy atom. The van der Waals surface area contributed by atoms with Gasteiger partial charge in [-0.2, -0.15) is 4.99 Å². The number of aldehydes is 1. The molecule has 2 saturated heterocycles. The van der Waals surface area contributed by atoms with Crippen molar-refractivity contribution in [1.82, 2.24) is 10.2 Å². The standard InChI is InChI=1S/C31H33N3O12/c1-14-7-6-8-18-19(14)9-17(43-5)10-20(18)26(40)32-13-30(4)24(39)28(41)45-31(46-30)25(23(38)22-11-34(22)16(3)37)44-27(33-29(31)42)21(12-35)15(2)36/h6-10,12,21-25,38-39H,11,13H2,1-5H3,(H,32,40). The lowest BCUT2D eigenvalue weighted by Crippen LogP contribution is -2.73. The lowest BCUT2D eigenvalue weighted by atomic mass is 9.91. The van der Waals surface area contributed by atoms with Crippen LogP contribution in [-0.2, 0) is 38.2 Å². The number of aliphatic imine (C=N–C) groups is 1. The summed E-state index contributed by atoms with van der Waals surface area (Å²) in [6.07, 6.45) is -5.56. The van der Waals surface area contributed by atoms with E-state index in [1.165, 1.54) is 31.9 Å². The van der Waals surface area contributed by atoms with Crippen LogP contribution in [0, 0.1) is 12.8 Å². The molecule has 0 bridgehead atoms. The lowest BCUT2D eigenvalue weighted by molar-refractivity contribution is -0.340. The molecule has 3 heterocycles. The number of methoxy groups -OCH3 is 1.